The molecule has 1 aliphatic carbocycles. The maximum absolute atomic E-state index is 14.0. The maximum Gasteiger partial charge on any atom is 0.420 e. The number of fused-ring (bicyclic) bond motifs is 3. The summed E-state index contributed by atoms with van der Waals surface area (Å²) in [5.74, 6) is 1.04. The Balaban J connectivity index is 1.23. The standard InChI is InChI=1S/C27H27F3N6OS2/c1-35-6-7-38-22-10-21(39-24(22)25(35)37)23-19(27(28,29)30)11-31-26(34-23)33-20-5-4-17(9-18(20)14-2-3-14)36-12-15-8-16(13-36)32-15/h4-5,9-11,14-16,32H,2-3,6-8,12-13H2,1H3,(H,31,33,34). The van der Waals surface area contributed by atoms with Gasteiger partial charge in [0, 0.05) is 67.0 Å². The summed E-state index contributed by atoms with van der Waals surface area (Å²) >= 11 is 2.54. The molecule has 5 aliphatic rings. The molecule has 2 aromatic heterocycles. The van der Waals surface area contributed by atoms with Crippen LogP contribution in [-0.4, -0.2) is 65.3 Å². The van der Waals surface area contributed by atoms with Gasteiger partial charge in [-0.3, -0.25) is 4.79 Å². The first-order chi connectivity index (χ1) is 18.7. The van der Waals surface area contributed by atoms with Crippen molar-refractivity contribution in [3.63, 3.8) is 0 Å². The van der Waals surface area contributed by atoms with E-state index in [1.54, 1.807) is 18.0 Å². The lowest BCUT2D eigenvalue weighted by Gasteiger charge is -2.49. The van der Waals surface area contributed by atoms with Gasteiger partial charge in [0.15, 0.2) is 0 Å². The van der Waals surface area contributed by atoms with E-state index in [2.05, 4.69) is 37.6 Å². The Hall–Kier alpha value is -2.83. The van der Waals surface area contributed by atoms with Crippen LogP contribution < -0.4 is 15.5 Å². The van der Waals surface area contributed by atoms with Gasteiger partial charge in [0.1, 0.15) is 10.4 Å². The van der Waals surface area contributed by atoms with Crippen LogP contribution in [0, 0.1) is 0 Å². The number of carbonyl (C=O) groups excluding carboxylic acids is 1. The highest BCUT2D eigenvalue weighted by Crippen LogP contribution is 2.46. The van der Waals surface area contributed by atoms with Crippen molar-refractivity contribution >= 4 is 46.3 Å². The summed E-state index contributed by atoms with van der Waals surface area (Å²) in [5.41, 5.74) is 2.03. The van der Waals surface area contributed by atoms with E-state index in [0.717, 1.165) is 54.7 Å². The van der Waals surface area contributed by atoms with E-state index < -0.39 is 11.7 Å². The van der Waals surface area contributed by atoms with E-state index in [0.29, 0.717) is 44.9 Å². The summed E-state index contributed by atoms with van der Waals surface area (Å²) in [6.45, 7) is 2.56. The van der Waals surface area contributed by atoms with E-state index in [1.807, 2.05) is 6.07 Å². The lowest BCUT2D eigenvalue weighted by molar-refractivity contribution is -0.137. The van der Waals surface area contributed by atoms with Gasteiger partial charge >= 0.3 is 6.18 Å². The van der Waals surface area contributed by atoms with Crippen molar-refractivity contribution in [2.45, 2.75) is 48.3 Å². The average molecular weight is 573 g/mol. The summed E-state index contributed by atoms with van der Waals surface area (Å²) in [7, 11) is 1.71. The summed E-state index contributed by atoms with van der Waals surface area (Å²) in [4.78, 5) is 26.7. The summed E-state index contributed by atoms with van der Waals surface area (Å²) in [6, 6.07) is 9.03. The van der Waals surface area contributed by atoms with Gasteiger partial charge in [-0.2, -0.15) is 13.2 Å². The first kappa shape index (κ1) is 25.2. The maximum atomic E-state index is 14.0. The van der Waals surface area contributed by atoms with Crippen LogP contribution in [0.4, 0.5) is 30.5 Å². The number of amides is 1. The van der Waals surface area contributed by atoms with Gasteiger partial charge in [0.2, 0.25) is 5.95 Å². The minimum atomic E-state index is -4.63. The largest absolute Gasteiger partial charge is 0.420 e. The second kappa shape index (κ2) is 9.38. The van der Waals surface area contributed by atoms with Crippen molar-refractivity contribution in [2.24, 2.45) is 0 Å². The molecule has 2 bridgehead atoms. The lowest BCUT2D eigenvalue weighted by atomic mass is 9.90. The van der Waals surface area contributed by atoms with Crippen molar-refractivity contribution in [3.05, 3.63) is 46.5 Å². The van der Waals surface area contributed by atoms with E-state index in [9.17, 15) is 18.0 Å². The van der Waals surface area contributed by atoms with Crippen molar-refractivity contribution in [2.75, 3.05) is 42.7 Å². The first-order valence-electron chi connectivity index (χ1n) is 13.1. The predicted octanol–water partition coefficient (Wildman–Crippen LogP) is 5.57. The molecule has 3 saturated heterocycles. The molecule has 6 heterocycles. The van der Waals surface area contributed by atoms with Crippen molar-refractivity contribution in [1.82, 2.24) is 20.2 Å². The number of benzene rings is 1. The molecule has 1 saturated carbocycles. The van der Waals surface area contributed by atoms with Crippen LogP contribution in [-0.2, 0) is 6.18 Å². The molecule has 8 rings (SSSR count). The number of thioether (sulfide) groups is 1. The molecule has 0 radical (unpaired) electrons. The third-order valence-electron chi connectivity index (χ3n) is 7.84. The number of thiophene rings is 1. The molecule has 2 unspecified atom stereocenters. The Morgan fingerprint density at radius 1 is 1.15 bits per heavy atom. The molecular formula is C27H27F3N6OS2. The molecule has 39 heavy (non-hydrogen) atoms. The third-order valence-corrected chi connectivity index (χ3v) is 10.1. The highest BCUT2D eigenvalue weighted by Gasteiger charge is 2.38. The third kappa shape index (κ3) is 4.76. The van der Waals surface area contributed by atoms with Gasteiger partial charge < -0.3 is 20.4 Å². The van der Waals surface area contributed by atoms with Crippen molar-refractivity contribution in [1.29, 1.82) is 0 Å². The van der Waals surface area contributed by atoms with Gasteiger partial charge in [0.25, 0.3) is 5.91 Å². The zero-order valence-electron chi connectivity index (χ0n) is 21.2. The molecular weight excluding hydrogens is 545 g/mol. The molecule has 7 nitrogen and oxygen atoms in total. The molecule has 12 heteroatoms. The highest BCUT2D eigenvalue weighted by molar-refractivity contribution is 7.99. The molecule has 204 valence electrons. The zero-order chi connectivity index (χ0) is 26.9. The SMILES string of the molecule is CN1CCSc2cc(-c3nc(Nc4ccc(N5CC6CC(C5)N6)cc4C4CC4)ncc3C(F)(F)F)sc2C1=O. The second-order valence-corrected chi connectivity index (χ2v) is 12.9. The molecule has 2 N–H and O–H groups in total. The normalized spacial score (nSPS) is 22.8. The topological polar surface area (TPSA) is 73.4 Å². The summed E-state index contributed by atoms with van der Waals surface area (Å²) in [5, 5.41) is 6.78. The van der Waals surface area contributed by atoms with E-state index in [-0.39, 0.29) is 17.5 Å². The Labute approximate surface area is 232 Å². The number of hydrogen-bond donors (Lipinski definition) is 2. The van der Waals surface area contributed by atoms with Gasteiger partial charge in [-0.25, -0.2) is 9.97 Å². The fourth-order valence-electron chi connectivity index (χ4n) is 5.59. The van der Waals surface area contributed by atoms with Crippen LogP contribution in [0.1, 0.15) is 46.0 Å². The monoisotopic (exact) mass is 572 g/mol. The molecule has 4 aliphatic heterocycles. The number of halogens is 3. The fourth-order valence-corrected chi connectivity index (χ4v) is 8.02. The lowest BCUT2D eigenvalue weighted by Crippen LogP contribution is -2.67. The second-order valence-electron chi connectivity index (χ2n) is 10.7. The number of anilines is 3. The Bertz CT molecular complexity index is 1440. The number of aromatic nitrogens is 2. The van der Waals surface area contributed by atoms with E-state index in [4.69, 9.17) is 0 Å². The molecule has 1 amide bonds. The fraction of sp³-hybridized carbons (Fsp3) is 0.444. The minimum absolute atomic E-state index is 0.107. The molecule has 1 aromatic carbocycles. The van der Waals surface area contributed by atoms with Crippen LogP contribution in [0.5, 0.6) is 0 Å². The van der Waals surface area contributed by atoms with Gasteiger partial charge in [-0.05, 0) is 55.0 Å². The van der Waals surface area contributed by atoms with Crippen LogP contribution in [0.2, 0.25) is 0 Å². The summed E-state index contributed by atoms with van der Waals surface area (Å²) in [6.07, 6.45) is -0.380. The number of rotatable bonds is 5. The number of nitrogens with zero attached hydrogens (tertiary/aromatic N) is 4. The summed E-state index contributed by atoms with van der Waals surface area (Å²) < 4.78 is 42.1. The van der Waals surface area contributed by atoms with Gasteiger partial charge in [-0.15, -0.1) is 23.1 Å². The number of piperidine rings is 1. The molecule has 3 aromatic rings. The van der Waals surface area contributed by atoms with E-state index in [1.165, 1.54) is 23.9 Å². The van der Waals surface area contributed by atoms with Crippen LogP contribution in [0.3, 0.4) is 0 Å². The van der Waals surface area contributed by atoms with Crippen LogP contribution >= 0.6 is 23.1 Å². The molecule has 0 spiro atoms. The zero-order valence-corrected chi connectivity index (χ0v) is 22.8. The average Bonchev–Trinajstić information content (AvgIpc) is 3.68. The van der Waals surface area contributed by atoms with Crippen LogP contribution in [0.15, 0.2) is 35.4 Å². The Morgan fingerprint density at radius 3 is 2.64 bits per heavy atom. The highest BCUT2D eigenvalue weighted by atomic mass is 32.2. The van der Waals surface area contributed by atoms with Crippen LogP contribution in [0.25, 0.3) is 10.6 Å². The van der Waals surface area contributed by atoms with Gasteiger partial charge in [-0.1, -0.05) is 0 Å². The van der Waals surface area contributed by atoms with E-state index >= 15 is 0 Å². The van der Waals surface area contributed by atoms with Crippen molar-refractivity contribution in [3.8, 4) is 10.6 Å². The number of hydrogen-bond acceptors (Lipinski definition) is 8. The number of nitrogens with one attached hydrogen (secondary N) is 2. The first-order valence-corrected chi connectivity index (χ1v) is 14.9. The Kier molecular flexibility index (Phi) is 6.05. The number of alkyl halides is 3. The van der Waals surface area contributed by atoms with Gasteiger partial charge in [0.05, 0.1) is 10.6 Å². The number of carbonyl (C=O) groups is 1. The Morgan fingerprint density at radius 2 is 1.92 bits per heavy atom. The quantitative estimate of drug-likeness (QED) is 0.414. The predicted molar refractivity (Wildman–Crippen MR) is 147 cm³/mol. The molecule has 4 fully saturated rings. The number of piperazine rings is 1. The minimum Gasteiger partial charge on any atom is -0.368 e. The molecule has 2 atom stereocenters. The van der Waals surface area contributed by atoms with Crippen molar-refractivity contribution < 1.29 is 18.0 Å². The smallest absolute Gasteiger partial charge is 0.368 e.